The Labute approximate surface area is 139 Å². The van der Waals surface area contributed by atoms with Crippen LogP contribution in [0.4, 0.5) is 5.82 Å². The van der Waals surface area contributed by atoms with Gasteiger partial charge in [0.05, 0.1) is 15.9 Å². The third-order valence-corrected chi connectivity index (χ3v) is 5.18. The molecule has 0 fully saturated rings. The van der Waals surface area contributed by atoms with Crippen LogP contribution in [-0.4, -0.2) is 16.5 Å². The molecule has 0 unspecified atom stereocenters. The van der Waals surface area contributed by atoms with Crippen molar-refractivity contribution in [1.29, 1.82) is 0 Å². The smallest absolute Gasteiger partial charge is 0.144 e. The van der Waals surface area contributed by atoms with Crippen molar-refractivity contribution in [3.05, 3.63) is 45.8 Å². The Morgan fingerprint density at radius 2 is 1.95 bits per heavy atom. The van der Waals surface area contributed by atoms with E-state index >= 15 is 0 Å². The van der Waals surface area contributed by atoms with Crippen LogP contribution in [0.2, 0.25) is 0 Å². The van der Waals surface area contributed by atoms with Gasteiger partial charge in [0.15, 0.2) is 0 Å². The van der Waals surface area contributed by atoms with Crippen molar-refractivity contribution in [2.45, 2.75) is 37.8 Å². The Bertz CT molecular complexity index is 616. The molecule has 0 saturated heterocycles. The van der Waals surface area contributed by atoms with E-state index in [2.05, 4.69) is 69.3 Å². The van der Waals surface area contributed by atoms with Gasteiger partial charge in [-0.25, -0.2) is 9.97 Å². The fraction of sp³-hybridized carbons (Fsp3) is 0.375. The molecule has 1 heterocycles. The highest BCUT2D eigenvalue weighted by molar-refractivity contribution is 9.10. The lowest BCUT2D eigenvalue weighted by Gasteiger charge is -2.11. The molecule has 112 valence electrons. The van der Waals surface area contributed by atoms with E-state index < -0.39 is 0 Å². The Hall–Kier alpha value is -1.07. The molecule has 0 amide bonds. The van der Waals surface area contributed by atoms with Crippen LogP contribution in [-0.2, 0) is 5.75 Å². The number of halogens is 1. The van der Waals surface area contributed by atoms with Gasteiger partial charge in [-0.2, -0.15) is 0 Å². The van der Waals surface area contributed by atoms with Crippen LogP contribution in [0.3, 0.4) is 0 Å². The predicted octanol–water partition coefficient (Wildman–Crippen LogP) is 4.97. The highest BCUT2D eigenvalue weighted by Crippen LogP contribution is 2.27. The molecule has 0 aliphatic rings. The number of anilines is 1. The number of nitrogens with one attached hydrogen (secondary N) is 1. The van der Waals surface area contributed by atoms with Crippen molar-refractivity contribution in [3.8, 4) is 0 Å². The average Bonchev–Trinajstić information content (AvgIpc) is 2.48. The summed E-state index contributed by atoms with van der Waals surface area (Å²) in [6.45, 7) is 7.19. The maximum Gasteiger partial charge on any atom is 0.144 e. The zero-order chi connectivity index (χ0) is 15.2. The SMILES string of the molecule is CCCNc1nc(CSc2ccccc2C)nc(C)c1Br. The van der Waals surface area contributed by atoms with Crippen LogP contribution in [0.25, 0.3) is 0 Å². The lowest BCUT2D eigenvalue weighted by Crippen LogP contribution is -2.07. The molecule has 3 nitrogen and oxygen atoms in total. The molecule has 0 atom stereocenters. The highest BCUT2D eigenvalue weighted by Gasteiger charge is 2.09. The standard InChI is InChI=1S/C16H20BrN3S/c1-4-9-18-16-15(17)12(3)19-14(20-16)10-21-13-8-6-5-7-11(13)2/h5-8H,4,9-10H2,1-3H3,(H,18,19,20). The van der Waals surface area contributed by atoms with Crippen LogP contribution in [0.5, 0.6) is 0 Å². The fourth-order valence-electron chi connectivity index (χ4n) is 1.90. The Balaban J connectivity index is 2.13. The van der Waals surface area contributed by atoms with E-state index in [-0.39, 0.29) is 0 Å². The number of hydrogen-bond donors (Lipinski definition) is 1. The van der Waals surface area contributed by atoms with Crippen molar-refractivity contribution in [1.82, 2.24) is 9.97 Å². The van der Waals surface area contributed by atoms with Gasteiger partial charge in [0.2, 0.25) is 0 Å². The van der Waals surface area contributed by atoms with Crippen molar-refractivity contribution in [2.24, 2.45) is 0 Å². The summed E-state index contributed by atoms with van der Waals surface area (Å²) in [6, 6.07) is 8.40. The molecule has 1 aromatic carbocycles. The summed E-state index contributed by atoms with van der Waals surface area (Å²) in [4.78, 5) is 10.5. The van der Waals surface area contributed by atoms with Crippen molar-refractivity contribution >= 4 is 33.5 Å². The lowest BCUT2D eigenvalue weighted by atomic mass is 10.2. The van der Waals surface area contributed by atoms with E-state index in [9.17, 15) is 0 Å². The summed E-state index contributed by atoms with van der Waals surface area (Å²) < 4.78 is 0.959. The van der Waals surface area contributed by atoms with Crippen LogP contribution >= 0.6 is 27.7 Å². The number of aryl methyl sites for hydroxylation is 2. The first kappa shape index (κ1) is 16.3. The van der Waals surface area contributed by atoms with Gasteiger partial charge in [-0.3, -0.25) is 0 Å². The molecule has 1 aromatic heterocycles. The molecule has 2 rings (SSSR count). The van der Waals surface area contributed by atoms with Gasteiger partial charge in [-0.1, -0.05) is 25.1 Å². The Kier molecular flexibility index (Phi) is 6.06. The van der Waals surface area contributed by atoms with E-state index in [1.807, 2.05) is 6.92 Å². The second-order valence-electron chi connectivity index (χ2n) is 4.87. The van der Waals surface area contributed by atoms with E-state index in [1.165, 1.54) is 10.5 Å². The summed E-state index contributed by atoms with van der Waals surface area (Å²) in [6.07, 6.45) is 1.07. The molecule has 1 N–H and O–H groups in total. The van der Waals surface area contributed by atoms with Crippen LogP contribution < -0.4 is 5.32 Å². The van der Waals surface area contributed by atoms with Crippen LogP contribution in [0.1, 0.15) is 30.4 Å². The molecule has 0 aliphatic heterocycles. The second kappa shape index (κ2) is 7.80. The van der Waals surface area contributed by atoms with E-state index in [0.29, 0.717) is 0 Å². The van der Waals surface area contributed by atoms with Gasteiger partial charge in [-0.05, 0) is 47.8 Å². The molecule has 2 aromatic rings. The minimum Gasteiger partial charge on any atom is -0.369 e. The zero-order valence-electron chi connectivity index (χ0n) is 12.6. The number of nitrogens with zero attached hydrogens (tertiary/aromatic N) is 2. The third-order valence-electron chi connectivity index (χ3n) is 3.06. The van der Waals surface area contributed by atoms with Crippen molar-refractivity contribution < 1.29 is 0 Å². The van der Waals surface area contributed by atoms with E-state index in [1.54, 1.807) is 11.8 Å². The van der Waals surface area contributed by atoms with Crippen LogP contribution in [0.15, 0.2) is 33.6 Å². The van der Waals surface area contributed by atoms with Gasteiger partial charge in [0.25, 0.3) is 0 Å². The topological polar surface area (TPSA) is 37.8 Å². The summed E-state index contributed by atoms with van der Waals surface area (Å²) >= 11 is 5.34. The normalized spacial score (nSPS) is 10.7. The fourth-order valence-corrected chi connectivity index (χ4v) is 3.10. The number of aromatic nitrogens is 2. The maximum absolute atomic E-state index is 4.63. The molecule has 0 saturated carbocycles. The highest BCUT2D eigenvalue weighted by atomic mass is 79.9. The quantitative estimate of drug-likeness (QED) is 0.733. The molecule has 21 heavy (non-hydrogen) atoms. The molecular formula is C16H20BrN3S. The summed E-state index contributed by atoms with van der Waals surface area (Å²) in [5.41, 5.74) is 2.27. The number of hydrogen-bond acceptors (Lipinski definition) is 4. The summed E-state index contributed by atoms with van der Waals surface area (Å²) in [7, 11) is 0. The van der Waals surface area contributed by atoms with E-state index in [4.69, 9.17) is 0 Å². The maximum atomic E-state index is 4.63. The monoisotopic (exact) mass is 365 g/mol. The minimum atomic E-state index is 0.778. The Morgan fingerprint density at radius 3 is 2.67 bits per heavy atom. The molecular weight excluding hydrogens is 346 g/mol. The first-order valence-electron chi connectivity index (χ1n) is 7.07. The second-order valence-corrected chi connectivity index (χ2v) is 6.68. The van der Waals surface area contributed by atoms with Crippen LogP contribution in [0, 0.1) is 13.8 Å². The van der Waals surface area contributed by atoms with Crippen molar-refractivity contribution in [2.75, 3.05) is 11.9 Å². The summed E-state index contributed by atoms with van der Waals surface area (Å²) in [5, 5.41) is 3.35. The number of thioether (sulfide) groups is 1. The van der Waals surface area contributed by atoms with Gasteiger partial charge >= 0.3 is 0 Å². The molecule has 0 radical (unpaired) electrons. The third kappa shape index (κ3) is 4.45. The first-order chi connectivity index (χ1) is 10.1. The van der Waals surface area contributed by atoms with Gasteiger partial charge in [0, 0.05) is 11.4 Å². The average molecular weight is 366 g/mol. The lowest BCUT2D eigenvalue weighted by molar-refractivity contribution is 0.934. The molecule has 0 bridgehead atoms. The van der Waals surface area contributed by atoms with Crippen molar-refractivity contribution in [3.63, 3.8) is 0 Å². The predicted molar refractivity (Wildman–Crippen MR) is 94.0 cm³/mol. The Morgan fingerprint density at radius 1 is 1.19 bits per heavy atom. The summed E-state index contributed by atoms with van der Waals surface area (Å²) in [5.74, 6) is 2.53. The zero-order valence-corrected chi connectivity index (χ0v) is 15.0. The minimum absolute atomic E-state index is 0.778. The first-order valence-corrected chi connectivity index (χ1v) is 8.85. The number of benzene rings is 1. The molecule has 5 heteroatoms. The van der Waals surface area contributed by atoms with E-state index in [0.717, 1.165) is 40.5 Å². The number of rotatable bonds is 6. The van der Waals surface area contributed by atoms with Gasteiger partial charge < -0.3 is 5.32 Å². The largest absolute Gasteiger partial charge is 0.369 e. The van der Waals surface area contributed by atoms with Gasteiger partial charge in [-0.15, -0.1) is 11.8 Å². The molecule has 0 aliphatic carbocycles. The molecule has 0 spiro atoms. The van der Waals surface area contributed by atoms with Gasteiger partial charge in [0.1, 0.15) is 11.6 Å².